The van der Waals surface area contributed by atoms with E-state index in [1.54, 1.807) is 42.6 Å². The van der Waals surface area contributed by atoms with Crippen molar-refractivity contribution in [1.82, 2.24) is 0 Å². The van der Waals surface area contributed by atoms with Crippen molar-refractivity contribution < 1.29 is 14.3 Å². The summed E-state index contributed by atoms with van der Waals surface area (Å²) in [6, 6.07) is 31.2. The number of ether oxygens (including phenoxy) is 2. The molecule has 0 radical (unpaired) electrons. The summed E-state index contributed by atoms with van der Waals surface area (Å²) in [5.41, 5.74) is 3.58. The van der Waals surface area contributed by atoms with Crippen molar-refractivity contribution in [3.63, 3.8) is 0 Å². The number of carbonyl (C=O) groups is 1. The maximum absolute atomic E-state index is 12.5. The molecule has 0 aliphatic carbocycles. The fraction of sp³-hybridized carbons (Fsp3) is 0.103. The fourth-order valence-corrected chi connectivity index (χ4v) is 3.10. The minimum absolute atomic E-state index is 0.429. The van der Waals surface area contributed by atoms with Crippen LogP contribution in [-0.2, 0) is 0 Å². The van der Waals surface area contributed by atoms with E-state index in [0.29, 0.717) is 17.9 Å². The molecule has 0 N–H and O–H groups in total. The number of hydrogen-bond acceptors (Lipinski definition) is 6. The molecule has 6 heteroatoms. The molecule has 0 bridgehead atoms. The van der Waals surface area contributed by atoms with Crippen LogP contribution in [0.3, 0.4) is 0 Å². The Kier molecular flexibility index (Phi) is 8.11. The van der Waals surface area contributed by atoms with Gasteiger partial charge in [-0.15, -0.1) is 0 Å². The third-order valence-electron chi connectivity index (χ3n) is 4.88. The van der Waals surface area contributed by atoms with Crippen LogP contribution < -0.4 is 9.47 Å². The van der Waals surface area contributed by atoms with Crippen LogP contribution in [0.5, 0.6) is 11.5 Å². The van der Waals surface area contributed by atoms with Gasteiger partial charge in [0.1, 0.15) is 11.5 Å². The average molecular weight is 464 g/mol. The predicted octanol–water partition coefficient (Wildman–Crippen LogP) is 7.86. The molecule has 0 unspecified atom stereocenters. The molecule has 4 aromatic rings. The van der Waals surface area contributed by atoms with E-state index >= 15 is 0 Å². The molecule has 0 atom stereocenters. The molecule has 174 valence electrons. The van der Waals surface area contributed by atoms with E-state index in [4.69, 9.17) is 9.47 Å². The Bertz CT molecular complexity index is 1300. The summed E-state index contributed by atoms with van der Waals surface area (Å²) in [6.45, 7) is 2.68. The predicted molar refractivity (Wildman–Crippen MR) is 138 cm³/mol. The van der Waals surface area contributed by atoms with Gasteiger partial charge in [0.25, 0.3) is 0 Å². The summed E-state index contributed by atoms with van der Waals surface area (Å²) >= 11 is 0. The lowest BCUT2D eigenvalue weighted by atomic mass is 10.2. The Balaban J connectivity index is 1.36. The molecule has 4 rings (SSSR count). The lowest BCUT2D eigenvalue weighted by molar-refractivity contribution is 0.0734. The number of aliphatic imine (C=N–C) groups is 1. The molecular weight excluding hydrogens is 438 g/mol. The molecular formula is C29H25N3O3. The SMILES string of the molecule is CCCOc1ccc(C(=O)Oc2cccc(C=Nc3ccc(N=Nc4ccccc4)cc3)c2)cc1. The number of hydrogen-bond donors (Lipinski definition) is 0. The first-order chi connectivity index (χ1) is 17.2. The molecule has 0 heterocycles. The van der Waals surface area contributed by atoms with Crippen LogP contribution in [0.1, 0.15) is 29.3 Å². The molecule has 0 amide bonds. The van der Waals surface area contributed by atoms with Crippen LogP contribution in [0.15, 0.2) is 118 Å². The van der Waals surface area contributed by atoms with Crippen LogP contribution in [0.2, 0.25) is 0 Å². The molecule has 0 aliphatic heterocycles. The first-order valence-electron chi connectivity index (χ1n) is 11.4. The molecule has 0 spiro atoms. The van der Waals surface area contributed by atoms with E-state index in [9.17, 15) is 4.79 Å². The molecule has 0 aliphatic rings. The Hall–Kier alpha value is -4.58. The summed E-state index contributed by atoms with van der Waals surface area (Å²) in [5, 5.41) is 8.45. The number of rotatable bonds is 9. The van der Waals surface area contributed by atoms with E-state index < -0.39 is 5.97 Å². The highest BCUT2D eigenvalue weighted by Crippen LogP contribution is 2.22. The summed E-state index contributed by atoms with van der Waals surface area (Å²) in [7, 11) is 0. The highest BCUT2D eigenvalue weighted by atomic mass is 16.5. The molecule has 4 aromatic carbocycles. The summed E-state index contributed by atoms with van der Waals surface area (Å²) < 4.78 is 11.1. The van der Waals surface area contributed by atoms with Gasteiger partial charge in [0, 0.05) is 6.21 Å². The maximum atomic E-state index is 12.5. The van der Waals surface area contributed by atoms with Crippen molar-refractivity contribution in [2.24, 2.45) is 15.2 Å². The Labute approximate surface area is 204 Å². The number of esters is 1. The quantitative estimate of drug-likeness (QED) is 0.110. The largest absolute Gasteiger partial charge is 0.494 e. The molecule has 0 fully saturated rings. The van der Waals surface area contributed by atoms with Crippen molar-refractivity contribution in [1.29, 1.82) is 0 Å². The van der Waals surface area contributed by atoms with Gasteiger partial charge in [-0.3, -0.25) is 4.99 Å². The monoisotopic (exact) mass is 463 g/mol. The van der Waals surface area contributed by atoms with Gasteiger partial charge < -0.3 is 9.47 Å². The van der Waals surface area contributed by atoms with Crippen LogP contribution >= 0.6 is 0 Å². The van der Waals surface area contributed by atoms with Crippen molar-refractivity contribution in [3.8, 4) is 11.5 Å². The smallest absolute Gasteiger partial charge is 0.343 e. The third-order valence-corrected chi connectivity index (χ3v) is 4.88. The second-order valence-electron chi connectivity index (χ2n) is 7.64. The zero-order valence-electron chi connectivity index (χ0n) is 19.4. The van der Waals surface area contributed by atoms with Gasteiger partial charge in [-0.25, -0.2) is 4.79 Å². The van der Waals surface area contributed by atoms with Gasteiger partial charge in [-0.2, -0.15) is 10.2 Å². The van der Waals surface area contributed by atoms with E-state index in [0.717, 1.165) is 34.8 Å². The molecule has 0 saturated heterocycles. The molecule has 0 saturated carbocycles. The standard InChI is InChI=1S/C29H25N3O3/c1-2-19-34-27-17-11-23(12-18-27)29(33)35-28-10-6-7-22(20-28)21-30-24-13-15-26(16-14-24)32-31-25-8-4-3-5-9-25/h3-18,20-21H,2,19H2,1H3. The zero-order chi connectivity index (χ0) is 24.3. The number of carbonyl (C=O) groups excluding carboxylic acids is 1. The summed E-state index contributed by atoms with van der Waals surface area (Å²) in [6.07, 6.45) is 2.65. The lowest BCUT2D eigenvalue weighted by Crippen LogP contribution is -2.08. The van der Waals surface area contributed by atoms with Gasteiger partial charge in [0.15, 0.2) is 0 Å². The van der Waals surface area contributed by atoms with Crippen LogP contribution in [-0.4, -0.2) is 18.8 Å². The third kappa shape index (κ3) is 7.20. The highest BCUT2D eigenvalue weighted by Gasteiger charge is 2.09. The lowest BCUT2D eigenvalue weighted by Gasteiger charge is -2.07. The first kappa shape index (κ1) is 23.6. The van der Waals surface area contributed by atoms with Gasteiger partial charge in [0.2, 0.25) is 0 Å². The number of benzene rings is 4. The van der Waals surface area contributed by atoms with Crippen molar-refractivity contribution >= 4 is 29.2 Å². The van der Waals surface area contributed by atoms with Crippen molar-refractivity contribution in [2.75, 3.05) is 6.61 Å². The number of nitrogens with zero attached hydrogens (tertiary/aromatic N) is 3. The summed E-state index contributed by atoms with van der Waals surface area (Å²) in [5.74, 6) is 0.747. The fourth-order valence-electron chi connectivity index (χ4n) is 3.10. The van der Waals surface area contributed by atoms with E-state index in [2.05, 4.69) is 15.2 Å². The Morgan fingerprint density at radius 3 is 2.14 bits per heavy atom. The zero-order valence-corrected chi connectivity index (χ0v) is 19.4. The van der Waals surface area contributed by atoms with Crippen LogP contribution in [0, 0.1) is 0 Å². The van der Waals surface area contributed by atoms with E-state index in [1.165, 1.54) is 0 Å². The normalized spacial score (nSPS) is 11.1. The maximum Gasteiger partial charge on any atom is 0.343 e. The first-order valence-corrected chi connectivity index (χ1v) is 11.4. The topological polar surface area (TPSA) is 72.6 Å². The van der Waals surface area contributed by atoms with E-state index in [-0.39, 0.29) is 0 Å². The van der Waals surface area contributed by atoms with Gasteiger partial charge in [0.05, 0.1) is 29.2 Å². The second-order valence-corrected chi connectivity index (χ2v) is 7.64. The minimum atomic E-state index is -0.429. The van der Waals surface area contributed by atoms with Crippen molar-refractivity contribution in [2.45, 2.75) is 13.3 Å². The molecule has 0 aromatic heterocycles. The van der Waals surface area contributed by atoms with Gasteiger partial charge in [-0.05, 0) is 84.8 Å². The van der Waals surface area contributed by atoms with Gasteiger partial charge >= 0.3 is 5.97 Å². The Morgan fingerprint density at radius 2 is 1.43 bits per heavy atom. The molecule has 6 nitrogen and oxygen atoms in total. The molecule has 35 heavy (non-hydrogen) atoms. The summed E-state index contributed by atoms with van der Waals surface area (Å²) in [4.78, 5) is 17.0. The highest BCUT2D eigenvalue weighted by molar-refractivity contribution is 5.91. The number of azo groups is 1. The average Bonchev–Trinajstić information content (AvgIpc) is 2.91. The van der Waals surface area contributed by atoms with Gasteiger partial charge in [-0.1, -0.05) is 37.3 Å². The minimum Gasteiger partial charge on any atom is -0.494 e. The van der Waals surface area contributed by atoms with E-state index in [1.807, 2.05) is 73.7 Å². The van der Waals surface area contributed by atoms with Crippen LogP contribution in [0.25, 0.3) is 0 Å². The van der Waals surface area contributed by atoms with Crippen molar-refractivity contribution in [3.05, 3.63) is 114 Å². The Morgan fingerprint density at radius 1 is 0.743 bits per heavy atom. The van der Waals surface area contributed by atoms with Crippen LogP contribution in [0.4, 0.5) is 17.1 Å². The second kappa shape index (κ2) is 12.0.